The molecule has 3 unspecified atom stereocenters. The van der Waals surface area contributed by atoms with Gasteiger partial charge in [-0.05, 0) is 82.4 Å². The first kappa shape index (κ1) is 20.9. The van der Waals surface area contributed by atoms with Gasteiger partial charge >= 0.3 is 0 Å². The molecule has 2 saturated carbocycles. The lowest BCUT2D eigenvalue weighted by atomic mass is 9.92. The molecule has 1 N–H and O–H groups in total. The van der Waals surface area contributed by atoms with E-state index in [-0.39, 0.29) is 17.9 Å². The van der Waals surface area contributed by atoms with Gasteiger partial charge in [-0.25, -0.2) is 4.98 Å². The Balaban J connectivity index is 1.48. The Morgan fingerprint density at radius 2 is 1.91 bits per heavy atom. The number of amides is 1. The van der Waals surface area contributed by atoms with E-state index in [0.29, 0.717) is 18.1 Å². The minimum absolute atomic E-state index is 0.0179. The molecule has 3 atom stereocenters. The van der Waals surface area contributed by atoms with E-state index in [0.717, 1.165) is 83.5 Å². The summed E-state index contributed by atoms with van der Waals surface area (Å²) in [7, 11) is 1.81. The number of hydrogen-bond donors (Lipinski definition) is 1. The van der Waals surface area contributed by atoms with Crippen LogP contribution in [0.15, 0.2) is 16.7 Å². The van der Waals surface area contributed by atoms with Crippen LogP contribution in [0.25, 0.3) is 22.2 Å². The maximum atomic E-state index is 12.6. The smallest absolute Gasteiger partial charge is 0.223 e. The van der Waals surface area contributed by atoms with Gasteiger partial charge in [-0.3, -0.25) is 4.79 Å². The Hall–Kier alpha value is -2.67. The maximum Gasteiger partial charge on any atom is 0.223 e. The lowest BCUT2D eigenvalue weighted by Gasteiger charge is -2.32. The Morgan fingerprint density at radius 3 is 2.58 bits per heavy atom. The SMILES string of the molecule is COC1CCC(n2c(C3CC4CC4C(=O)N3)nc3c(C)c(-c4c(C)noc4C)ccc32)CC1. The minimum atomic E-state index is -0.0179. The molecule has 7 nitrogen and oxygen atoms in total. The third-order valence-electron chi connectivity index (χ3n) is 8.21. The van der Waals surface area contributed by atoms with Crippen molar-refractivity contribution in [2.75, 3.05) is 7.11 Å². The number of nitrogens with one attached hydrogen (secondary N) is 1. The predicted molar refractivity (Wildman–Crippen MR) is 125 cm³/mol. The molecule has 0 bridgehead atoms. The van der Waals surface area contributed by atoms with E-state index in [1.54, 1.807) is 0 Å². The van der Waals surface area contributed by atoms with E-state index in [1.807, 2.05) is 21.0 Å². The first-order valence-electron chi connectivity index (χ1n) is 12.2. The van der Waals surface area contributed by atoms with Crippen LogP contribution in [0.3, 0.4) is 0 Å². The van der Waals surface area contributed by atoms with Crippen LogP contribution in [0.5, 0.6) is 0 Å². The lowest BCUT2D eigenvalue weighted by molar-refractivity contribution is -0.124. The van der Waals surface area contributed by atoms with Gasteiger partial charge in [0, 0.05) is 24.6 Å². The van der Waals surface area contributed by atoms with Crippen LogP contribution >= 0.6 is 0 Å². The Bertz CT molecular complexity index is 1210. The van der Waals surface area contributed by atoms with Gasteiger partial charge in [0.25, 0.3) is 0 Å². The molecule has 3 aliphatic rings. The summed E-state index contributed by atoms with van der Waals surface area (Å²) in [6.45, 7) is 6.08. The van der Waals surface area contributed by atoms with Gasteiger partial charge in [0.2, 0.25) is 5.91 Å². The fraction of sp³-hybridized carbons (Fsp3) is 0.577. The number of benzene rings is 1. The third-order valence-corrected chi connectivity index (χ3v) is 8.21. The van der Waals surface area contributed by atoms with Crippen molar-refractivity contribution in [3.8, 4) is 11.1 Å². The molecule has 3 fully saturated rings. The number of aryl methyl sites for hydroxylation is 3. The second kappa shape index (κ2) is 7.69. The normalized spacial score (nSPS) is 29.2. The molecule has 1 aliphatic heterocycles. The molecular formula is C26H32N4O3. The van der Waals surface area contributed by atoms with E-state index in [2.05, 4.69) is 34.1 Å². The number of aromatic nitrogens is 3. The van der Waals surface area contributed by atoms with Crippen molar-refractivity contribution in [2.24, 2.45) is 11.8 Å². The number of nitrogens with zero attached hydrogens (tertiary/aromatic N) is 3. The van der Waals surface area contributed by atoms with Gasteiger partial charge in [-0.2, -0.15) is 0 Å². The van der Waals surface area contributed by atoms with Crippen LogP contribution in [-0.2, 0) is 9.53 Å². The highest BCUT2D eigenvalue weighted by molar-refractivity contribution is 5.89. The predicted octanol–water partition coefficient (Wildman–Crippen LogP) is 4.94. The molecule has 6 rings (SSSR count). The summed E-state index contributed by atoms with van der Waals surface area (Å²) in [5.41, 5.74) is 6.38. The van der Waals surface area contributed by atoms with Crippen LogP contribution in [0.1, 0.15) is 73.5 Å². The lowest BCUT2D eigenvalue weighted by Crippen LogP contribution is -2.36. The number of fused-ring (bicyclic) bond motifs is 2. The van der Waals surface area contributed by atoms with Crippen molar-refractivity contribution < 1.29 is 14.1 Å². The zero-order chi connectivity index (χ0) is 22.9. The third kappa shape index (κ3) is 3.31. The van der Waals surface area contributed by atoms with Gasteiger partial charge in [-0.1, -0.05) is 11.2 Å². The summed E-state index contributed by atoms with van der Waals surface area (Å²) in [6, 6.07) is 4.74. The van der Waals surface area contributed by atoms with Gasteiger partial charge in [0.1, 0.15) is 11.6 Å². The number of ether oxygens (including phenoxy) is 1. The molecule has 1 saturated heterocycles. The van der Waals surface area contributed by atoms with Crippen molar-refractivity contribution in [1.82, 2.24) is 20.0 Å². The average Bonchev–Trinajstić information content (AvgIpc) is 3.40. The Morgan fingerprint density at radius 1 is 1.12 bits per heavy atom. The number of piperidine rings is 1. The first-order chi connectivity index (χ1) is 16.0. The van der Waals surface area contributed by atoms with Crippen LogP contribution in [0.4, 0.5) is 0 Å². The molecule has 3 heterocycles. The molecule has 174 valence electrons. The van der Waals surface area contributed by atoms with E-state index >= 15 is 0 Å². The van der Waals surface area contributed by atoms with Crippen LogP contribution in [0, 0.1) is 32.6 Å². The zero-order valence-corrected chi connectivity index (χ0v) is 19.9. The maximum absolute atomic E-state index is 12.6. The van der Waals surface area contributed by atoms with Crippen molar-refractivity contribution in [3.05, 3.63) is 35.0 Å². The number of rotatable bonds is 4. The van der Waals surface area contributed by atoms with Gasteiger partial charge in [-0.15, -0.1) is 0 Å². The summed E-state index contributed by atoms with van der Waals surface area (Å²) in [6.07, 6.45) is 6.59. The Kier molecular flexibility index (Phi) is 4.87. The molecule has 1 amide bonds. The fourth-order valence-electron chi connectivity index (χ4n) is 6.26. The average molecular weight is 449 g/mol. The summed E-state index contributed by atoms with van der Waals surface area (Å²) < 4.78 is 13.5. The van der Waals surface area contributed by atoms with Gasteiger partial charge in [0.05, 0.1) is 28.9 Å². The highest BCUT2D eigenvalue weighted by Gasteiger charge is 2.49. The van der Waals surface area contributed by atoms with E-state index in [1.165, 1.54) is 0 Å². The summed E-state index contributed by atoms with van der Waals surface area (Å²) in [5, 5.41) is 7.45. The van der Waals surface area contributed by atoms with E-state index in [4.69, 9.17) is 14.2 Å². The van der Waals surface area contributed by atoms with E-state index in [9.17, 15) is 4.79 Å². The van der Waals surface area contributed by atoms with Crippen molar-refractivity contribution in [1.29, 1.82) is 0 Å². The monoisotopic (exact) mass is 448 g/mol. The van der Waals surface area contributed by atoms with Crippen molar-refractivity contribution in [2.45, 2.75) is 77.5 Å². The molecule has 0 spiro atoms. The Labute approximate surface area is 193 Å². The molecule has 7 heteroatoms. The molecule has 33 heavy (non-hydrogen) atoms. The number of imidazole rings is 1. The molecule has 2 aromatic heterocycles. The summed E-state index contributed by atoms with van der Waals surface area (Å²) in [4.78, 5) is 17.8. The second-order valence-electron chi connectivity index (χ2n) is 10.2. The summed E-state index contributed by atoms with van der Waals surface area (Å²) in [5.74, 6) is 2.78. The summed E-state index contributed by atoms with van der Waals surface area (Å²) >= 11 is 0. The van der Waals surface area contributed by atoms with Crippen molar-refractivity contribution >= 4 is 16.9 Å². The largest absolute Gasteiger partial charge is 0.381 e. The van der Waals surface area contributed by atoms with Gasteiger partial charge in [0.15, 0.2) is 0 Å². The highest BCUT2D eigenvalue weighted by Crippen LogP contribution is 2.49. The number of methoxy groups -OCH3 is 1. The molecule has 3 aromatic rings. The van der Waals surface area contributed by atoms with Crippen LogP contribution in [0.2, 0.25) is 0 Å². The van der Waals surface area contributed by atoms with Gasteiger partial charge < -0.3 is 19.1 Å². The van der Waals surface area contributed by atoms with E-state index < -0.39 is 0 Å². The highest BCUT2D eigenvalue weighted by atomic mass is 16.5. The van der Waals surface area contributed by atoms with Crippen LogP contribution < -0.4 is 5.32 Å². The molecule has 0 radical (unpaired) electrons. The fourth-order valence-corrected chi connectivity index (χ4v) is 6.26. The molecular weight excluding hydrogens is 416 g/mol. The number of carbonyl (C=O) groups is 1. The second-order valence-corrected chi connectivity index (χ2v) is 10.2. The quantitative estimate of drug-likeness (QED) is 0.611. The first-order valence-corrected chi connectivity index (χ1v) is 12.2. The van der Waals surface area contributed by atoms with Crippen LogP contribution in [-0.4, -0.2) is 33.8 Å². The minimum Gasteiger partial charge on any atom is -0.381 e. The van der Waals surface area contributed by atoms with Crippen molar-refractivity contribution in [3.63, 3.8) is 0 Å². The molecule has 2 aliphatic carbocycles. The molecule has 1 aromatic carbocycles. The number of carbonyl (C=O) groups excluding carboxylic acids is 1. The zero-order valence-electron chi connectivity index (χ0n) is 19.9. The standard InChI is InChI=1S/C26H32N4O3/c1-13-19(23-14(2)29-33-15(23)3)9-10-22-24(13)28-25(21-12-16-11-20(16)26(31)27-21)30(22)17-5-7-18(32-4)8-6-17/h9-10,16-18,20-21H,5-8,11-12H2,1-4H3,(H,27,31). The topological polar surface area (TPSA) is 82.2 Å². The number of hydrogen-bond acceptors (Lipinski definition) is 5.